The second kappa shape index (κ2) is 13.2. The summed E-state index contributed by atoms with van der Waals surface area (Å²) < 4.78 is 42.2. The largest absolute Gasteiger partial charge is 0.354 e. The van der Waals surface area contributed by atoms with Crippen LogP contribution in [0.1, 0.15) is 37.8 Å². The number of hydrogen-bond donors (Lipinski definition) is 1. The highest BCUT2D eigenvalue weighted by molar-refractivity contribution is 7.92. The molecule has 0 radical (unpaired) electrons. The van der Waals surface area contributed by atoms with Crippen molar-refractivity contribution in [3.63, 3.8) is 0 Å². The van der Waals surface area contributed by atoms with Crippen LogP contribution in [0.15, 0.2) is 83.8 Å². The number of benzene rings is 3. The van der Waals surface area contributed by atoms with Gasteiger partial charge in [0.2, 0.25) is 11.8 Å². The summed E-state index contributed by atoms with van der Waals surface area (Å²) in [6, 6.07) is 19.7. The van der Waals surface area contributed by atoms with E-state index in [0.717, 1.165) is 10.7 Å². The molecule has 7 nitrogen and oxygen atoms in total. The highest BCUT2D eigenvalue weighted by Gasteiger charge is 2.34. The fraction of sp³-hybridized carbons (Fsp3) is 0.310. The van der Waals surface area contributed by atoms with Crippen molar-refractivity contribution in [2.24, 2.45) is 0 Å². The first kappa shape index (κ1) is 28.8. The summed E-state index contributed by atoms with van der Waals surface area (Å²) in [5.74, 6) is -1.28. The Hall–Kier alpha value is -3.72. The molecule has 0 saturated heterocycles. The van der Waals surface area contributed by atoms with Crippen molar-refractivity contribution in [1.82, 2.24) is 10.2 Å². The lowest BCUT2D eigenvalue weighted by Gasteiger charge is -2.33. The van der Waals surface area contributed by atoms with Gasteiger partial charge < -0.3 is 10.2 Å². The molecule has 3 rings (SSSR count). The predicted octanol–water partition coefficient (Wildman–Crippen LogP) is 4.66. The molecule has 0 heterocycles. The number of carbonyl (C=O) groups excluding carboxylic acids is 2. The molecule has 3 aromatic carbocycles. The minimum absolute atomic E-state index is 0.0180. The van der Waals surface area contributed by atoms with Crippen LogP contribution in [0.2, 0.25) is 0 Å². The van der Waals surface area contributed by atoms with Gasteiger partial charge in [-0.25, -0.2) is 12.8 Å². The van der Waals surface area contributed by atoms with E-state index in [1.54, 1.807) is 68.4 Å². The van der Waals surface area contributed by atoms with Gasteiger partial charge in [-0.1, -0.05) is 62.4 Å². The Morgan fingerprint density at radius 2 is 1.55 bits per heavy atom. The molecule has 202 valence electrons. The van der Waals surface area contributed by atoms with E-state index in [1.165, 1.54) is 29.2 Å². The van der Waals surface area contributed by atoms with E-state index in [4.69, 9.17) is 0 Å². The number of halogens is 1. The number of carbonyl (C=O) groups is 2. The molecule has 2 amide bonds. The van der Waals surface area contributed by atoms with Crippen molar-refractivity contribution in [2.75, 3.05) is 17.4 Å². The van der Waals surface area contributed by atoms with Crippen molar-refractivity contribution < 1.29 is 22.4 Å². The van der Waals surface area contributed by atoms with Gasteiger partial charge in [-0.05, 0) is 61.2 Å². The van der Waals surface area contributed by atoms with Gasteiger partial charge in [-0.2, -0.15) is 0 Å². The number of rotatable bonds is 12. The second-order valence-corrected chi connectivity index (χ2v) is 10.8. The van der Waals surface area contributed by atoms with E-state index in [2.05, 4.69) is 5.32 Å². The van der Waals surface area contributed by atoms with Crippen LogP contribution in [0.4, 0.5) is 10.1 Å². The molecule has 0 spiro atoms. The molecule has 1 atom stereocenters. The molecule has 0 fully saturated rings. The van der Waals surface area contributed by atoms with Gasteiger partial charge in [0.15, 0.2) is 0 Å². The summed E-state index contributed by atoms with van der Waals surface area (Å²) in [5, 5.41) is 2.84. The summed E-state index contributed by atoms with van der Waals surface area (Å²) in [6.45, 7) is 5.45. The molecule has 9 heteroatoms. The van der Waals surface area contributed by atoms with Gasteiger partial charge in [0.25, 0.3) is 10.0 Å². The molecule has 0 bridgehead atoms. The first-order valence-electron chi connectivity index (χ1n) is 12.6. The monoisotopic (exact) mass is 539 g/mol. The fourth-order valence-corrected chi connectivity index (χ4v) is 5.65. The van der Waals surface area contributed by atoms with Crippen molar-refractivity contribution in [2.45, 2.75) is 51.1 Å². The van der Waals surface area contributed by atoms with Gasteiger partial charge in [-0.15, -0.1) is 0 Å². The third-order valence-corrected chi connectivity index (χ3v) is 7.97. The SMILES string of the molecule is CCCNC(=O)[C@@H](CC)N(Cc1ccc(F)cc1)C(=O)CN(c1ccccc1C)S(=O)(=O)c1ccccc1. The fourth-order valence-electron chi connectivity index (χ4n) is 4.15. The van der Waals surface area contributed by atoms with Gasteiger partial charge >= 0.3 is 0 Å². The number of nitrogens with zero attached hydrogens (tertiary/aromatic N) is 2. The normalized spacial score (nSPS) is 12.0. The van der Waals surface area contributed by atoms with Crippen molar-refractivity contribution in [1.29, 1.82) is 0 Å². The molecule has 0 saturated carbocycles. The third-order valence-electron chi connectivity index (χ3n) is 6.20. The van der Waals surface area contributed by atoms with Crippen LogP contribution >= 0.6 is 0 Å². The molecule has 3 aromatic rings. The molecule has 0 unspecified atom stereocenters. The van der Waals surface area contributed by atoms with Gasteiger partial charge in [0.1, 0.15) is 18.4 Å². The van der Waals surface area contributed by atoms with Crippen LogP contribution in [0.25, 0.3) is 0 Å². The van der Waals surface area contributed by atoms with E-state index in [1.807, 2.05) is 6.92 Å². The van der Waals surface area contributed by atoms with Crippen LogP contribution in [-0.4, -0.2) is 44.3 Å². The van der Waals surface area contributed by atoms with Crippen molar-refractivity contribution in [3.05, 3.63) is 95.8 Å². The molecule has 38 heavy (non-hydrogen) atoms. The van der Waals surface area contributed by atoms with Crippen molar-refractivity contribution >= 4 is 27.5 Å². The zero-order valence-corrected chi connectivity index (χ0v) is 22.7. The Morgan fingerprint density at radius 3 is 2.16 bits per heavy atom. The number of amides is 2. The Morgan fingerprint density at radius 1 is 0.921 bits per heavy atom. The smallest absolute Gasteiger partial charge is 0.264 e. The average Bonchev–Trinajstić information content (AvgIpc) is 2.92. The Balaban J connectivity index is 2.04. The Labute approximate surface area is 224 Å². The van der Waals surface area contributed by atoms with E-state index in [-0.39, 0.29) is 17.3 Å². The molecule has 0 aliphatic heterocycles. The summed E-state index contributed by atoms with van der Waals surface area (Å²) in [4.78, 5) is 28.4. The zero-order chi connectivity index (χ0) is 27.7. The zero-order valence-electron chi connectivity index (χ0n) is 21.9. The van der Waals surface area contributed by atoms with E-state index in [9.17, 15) is 22.4 Å². The minimum atomic E-state index is -4.11. The van der Waals surface area contributed by atoms with E-state index in [0.29, 0.717) is 29.8 Å². The number of sulfonamides is 1. The lowest BCUT2D eigenvalue weighted by atomic mass is 10.1. The summed E-state index contributed by atoms with van der Waals surface area (Å²) in [7, 11) is -4.11. The standard InChI is InChI=1S/C29H34FN3O4S/c1-4-19-31-29(35)26(5-2)32(20-23-15-17-24(30)18-16-23)28(34)21-33(27-14-10-9-11-22(27)3)38(36,37)25-12-7-6-8-13-25/h6-18,26H,4-5,19-21H2,1-3H3,(H,31,35)/t26-/m1/s1. The number of para-hydroxylation sites is 1. The molecule has 0 aliphatic rings. The van der Waals surface area contributed by atoms with E-state index >= 15 is 0 Å². The number of hydrogen-bond acceptors (Lipinski definition) is 4. The lowest BCUT2D eigenvalue weighted by Crippen LogP contribution is -2.52. The van der Waals surface area contributed by atoms with Gasteiger partial charge in [0, 0.05) is 13.1 Å². The maximum Gasteiger partial charge on any atom is 0.264 e. The Bertz CT molecular complexity index is 1330. The number of aryl methyl sites for hydroxylation is 1. The lowest BCUT2D eigenvalue weighted by molar-refractivity contribution is -0.140. The first-order chi connectivity index (χ1) is 18.2. The molecular formula is C29H34FN3O4S. The van der Waals surface area contributed by atoms with Gasteiger partial charge in [0.05, 0.1) is 10.6 Å². The molecule has 0 aliphatic carbocycles. The maximum atomic E-state index is 13.9. The molecular weight excluding hydrogens is 505 g/mol. The minimum Gasteiger partial charge on any atom is -0.354 e. The topological polar surface area (TPSA) is 86.8 Å². The highest BCUT2D eigenvalue weighted by Crippen LogP contribution is 2.27. The Kier molecular flexibility index (Phi) is 10.0. The number of nitrogens with one attached hydrogen (secondary N) is 1. The highest BCUT2D eigenvalue weighted by atomic mass is 32.2. The summed E-state index contributed by atoms with van der Waals surface area (Å²) >= 11 is 0. The quantitative estimate of drug-likeness (QED) is 0.363. The average molecular weight is 540 g/mol. The number of anilines is 1. The predicted molar refractivity (Wildman–Crippen MR) is 146 cm³/mol. The van der Waals surface area contributed by atoms with Crippen LogP contribution in [0.3, 0.4) is 0 Å². The van der Waals surface area contributed by atoms with Crippen LogP contribution in [0, 0.1) is 12.7 Å². The summed E-state index contributed by atoms with van der Waals surface area (Å²) in [6.07, 6.45) is 1.04. The third kappa shape index (κ3) is 6.98. The maximum absolute atomic E-state index is 13.9. The van der Waals surface area contributed by atoms with Crippen LogP contribution in [0.5, 0.6) is 0 Å². The summed E-state index contributed by atoms with van der Waals surface area (Å²) in [5.41, 5.74) is 1.67. The van der Waals surface area contributed by atoms with Crippen LogP contribution in [-0.2, 0) is 26.2 Å². The second-order valence-electron chi connectivity index (χ2n) is 8.97. The molecule has 1 N–H and O–H groups in total. The van der Waals surface area contributed by atoms with Crippen molar-refractivity contribution in [3.8, 4) is 0 Å². The van der Waals surface area contributed by atoms with Gasteiger partial charge in [-0.3, -0.25) is 13.9 Å². The van der Waals surface area contributed by atoms with E-state index < -0.39 is 34.3 Å². The first-order valence-corrected chi connectivity index (χ1v) is 14.1. The molecule has 0 aromatic heterocycles. The van der Waals surface area contributed by atoms with Crippen LogP contribution < -0.4 is 9.62 Å².